The van der Waals surface area contributed by atoms with Crippen molar-refractivity contribution in [2.75, 3.05) is 5.32 Å². The highest BCUT2D eigenvalue weighted by molar-refractivity contribution is 7.15. The molecule has 0 spiro atoms. The molecule has 0 aromatic carbocycles. The number of carbonyl (C=O) groups is 1. The normalized spacial score (nSPS) is 28.4. The Morgan fingerprint density at radius 2 is 2.14 bits per heavy atom. The fourth-order valence-corrected chi connectivity index (χ4v) is 4.23. The van der Waals surface area contributed by atoms with E-state index in [4.69, 9.17) is 5.73 Å². The summed E-state index contributed by atoms with van der Waals surface area (Å²) in [5.74, 6) is 0.433. The van der Waals surface area contributed by atoms with Crippen LogP contribution in [0.4, 0.5) is 5.13 Å². The standard InChI is InChI=1S/C16H27N3OS/c1-6-13-10(3)21-15(18-13)19-14(20)11-7-8-12(17)9(2)16(11,4)5/h9,11-12H,6-8,17H2,1-5H3,(H,18,19,20). The van der Waals surface area contributed by atoms with E-state index in [0.29, 0.717) is 5.92 Å². The first-order chi connectivity index (χ1) is 9.77. The molecule has 0 bridgehead atoms. The van der Waals surface area contributed by atoms with E-state index in [-0.39, 0.29) is 23.3 Å². The van der Waals surface area contributed by atoms with Crippen molar-refractivity contribution in [3.8, 4) is 0 Å². The minimum absolute atomic E-state index is 0.00147. The van der Waals surface area contributed by atoms with E-state index in [1.54, 1.807) is 11.3 Å². The minimum atomic E-state index is -0.0817. The van der Waals surface area contributed by atoms with Crippen LogP contribution in [0.5, 0.6) is 0 Å². The maximum atomic E-state index is 12.7. The van der Waals surface area contributed by atoms with Gasteiger partial charge in [-0.1, -0.05) is 27.7 Å². The van der Waals surface area contributed by atoms with Crippen molar-refractivity contribution in [1.82, 2.24) is 4.98 Å². The quantitative estimate of drug-likeness (QED) is 0.899. The zero-order valence-electron chi connectivity index (χ0n) is 13.7. The largest absolute Gasteiger partial charge is 0.327 e. The first kappa shape index (κ1) is 16.4. The van der Waals surface area contributed by atoms with Gasteiger partial charge in [0.15, 0.2) is 5.13 Å². The second-order valence-electron chi connectivity index (χ2n) is 6.77. The molecule has 3 atom stereocenters. The van der Waals surface area contributed by atoms with Gasteiger partial charge in [0.25, 0.3) is 0 Å². The molecule has 0 radical (unpaired) electrons. The average Bonchev–Trinajstić information content (AvgIpc) is 2.75. The van der Waals surface area contributed by atoms with Crippen LogP contribution >= 0.6 is 11.3 Å². The van der Waals surface area contributed by atoms with Gasteiger partial charge in [-0.05, 0) is 37.5 Å². The minimum Gasteiger partial charge on any atom is -0.327 e. The highest BCUT2D eigenvalue weighted by Gasteiger charge is 2.45. The monoisotopic (exact) mass is 309 g/mol. The SMILES string of the molecule is CCc1nc(NC(=O)C2CCC(N)C(C)C2(C)C)sc1C. The van der Waals surface area contributed by atoms with Crippen molar-refractivity contribution in [2.45, 2.75) is 59.9 Å². The van der Waals surface area contributed by atoms with Crippen molar-refractivity contribution in [2.24, 2.45) is 23.0 Å². The summed E-state index contributed by atoms with van der Waals surface area (Å²) in [6, 6.07) is 0.192. The Hall–Kier alpha value is -0.940. The van der Waals surface area contributed by atoms with Crippen LogP contribution in [0.1, 0.15) is 51.1 Å². The van der Waals surface area contributed by atoms with Gasteiger partial charge in [-0.25, -0.2) is 4.98 Å². The van der Waals surface area contributed by atoms with Crippen LogP contribution in [0.2, 0.25) is 0 Å². The van der Waals surface area contributed by atoms with Gasteiger partial charge >= 0.3 is 0 Å². The van der Waals surface area contributed by atoms with Gasteiger partial charge in [0.2, 0.25) is 5.91 Å². The van der Waals surface area contributed by atoms with Gasteiger partial charge in [-0.3, -0.25) is 4.79 Å². The Morgan fingerprint density at radius 3 is 2.71 bits per heavy atom. The summed E-state index contributed by atoms with van der Waals surface area (Å²) in [5.41, 5.74) is 7.16. The van der Waals surface area contributed by atoms with Crippen molar-refractivity contribution in [3.63, 3.8) is 0 Å². The molecule has 4 nitrogen and oxygen atoms in total. The van der Waals surface area contributed by atoms with Crippen LogP contribution in [0.15, 0.2) is 0 Å². The molecule has 118 valence electrons. The molecule has 3 unspecified atom stereocenters. The number of carbonyl (C=O) groups excluding carboxylic acids is 1. The van der Waals surface area contributed by atoms with Crippen LogP contribution in [0.25, 0.3) is 0 Å². The predicted molar refractivity (Wildman–Crippen MR) is 88.5 cm³/mol. The first-order valence-electron chi connectivity index (χ1n) is 7.80. The molecular weight excluding hydrogens is 282 g/mol. The fourth-order valence-electron chi connectivity index (χ4n) is 3.32. The molecule has 5 heteroatoms. The lowest BCUT2D eigenvalue weighted by Gasteiger charge is -2.45. The maximum Gasteiger partial charge on any atom is 0.229 e. The number of nitrogens with one attached hydrogen (secondary N) is 1. The van der Waals surface area contributed by atoms with E-state index in [9.17, 15) is 4.79 Å². The molecule has 3 N–H and O–H groups in total. The molecule has 1 heterocycles. The predicted octanol–water partition coefficient (Wildman–Crippen LogP) is 3.35. The molecule has 0 saturated heterocycles. The molecule has 0 aliphatic heterocycles. The lowest BCUT2D eigenvalue weighted by Crippen LogP contribution is -2.50. The van der Waals surface area contributed by atoms with Gasteiger partial charge in [-0.2, -0.15) is 0 Å². The lowest BCUT2D eigenvalue weighted by molar-refractivity contribution is -0.127. The second-order valence-corrected chi connectivity index (χ2v) is 7.97. The molecular formula is C16H27N3OS. The third kappa shape index (κ3) is 3.14. The third-order valence-corrected chi connectivity index (χ3v) is 6.21. The Bertz CT molecular complexity index is 524. The van der Waals surface area contributed by atoms with E-state index in [1.165, 1.54) is 4.88 Å². The fraction of sp³-hybridized carbons (Fsp3) is 0.750. The second kappa shape index (κ2) is 6.05. The number of hydrogen-bond donors (Lipinski definition) is 2. The summed E-state index contributed by atoms with van der Waals surface area (Å²) < 4.78 is 0. The molecule has 1 aliphatic carbocycles. The van der Waals surface area contributed by atoms with Gasteiger partial charge in [-0.15, -0.1) is 11.3 Å². The lowest BCUT2D eigenvalue weighted by atomic mass is 9.61. The van der Waals surface area contributed by atoms with E-state index in [2.05, 4.69) is 44.9 Å². The smallest absolute Gasteiger partial charge is 0.229 e. The summed E-state index contributed by atoms with van der Waals surface area (Å²) in [6.45, 7) is 10.6. The van der Waals surface area contributed by atoms with Gasteiger partial charge in [0.1, 0.15) is 0 Å². The number of nitrogens with two attached hydrogens (primary N) is 1. The molecule has 1 aromatic rings. The molecule has 21 heavy (non-hydrogen) atoms. The highest BCUT2D eigenvalue weighted by atomic mass is 32.1. The van der Waals surface area contributed by atoms with E-state index in [1.807, 2.05) is 0 Å². The Kier molecular flexibility index (Phi) is 4.73. The summed E-state index contributed by atoms with van der Waals surface area (Å²) >= 11 is 1.57. The van der Waals surface area contributed by atoms with Crippen molar-refractivity contribution >= 4 is 22.4 Å². The number of rotatable bonds is 3. The van der Waals surface area contributed by atoms with Crippen LogP contribution < -0.4 is 11.1 Å². The molecule has 1 saturated carbocycles. The number of nitrogens with zero attached hydrogens (tertiary/aromatic N) is 1. The maximum absolute atomic E-state index is 12.7. The van der Waals surface area contributed by atoms with Crippen molar-refractivity contribution < 1.29 is 4.79 Å². The van der Waals surface area contributed by atoms with Gasteiger partial charge in [0.05, 0.1) is 5.69 Å². The molecule has 1 fully saturated rings. The van der Waals surface area contributed by atoms with Crippen molar-refractivity contribution in [3.05, 3.63) is 10.6 Å². The van der Waals surface area contributed by atoms with Crippen molar-refractivity contribution in [1.29, 1.82) is 0 Å². The summed E-state index contributed by atoms with van der Waals surface area (Å²) in [5, 5.41) is 3.76. The van der Waals surface area contributed by atoms with E-state index < -0.39 is 0 Å². The number of aromatic nitrogens is 1. The van der Waals surface area contributed by atoms with Crippen LogP contribution in [0.3, 0.4) is 0 Å². The number of thiazole rings is 1. The molecule has 1 aliphatic rings. The van der Waals surface area contributed by atoms with E-state index in [0.717, 1.165) is 30.1 Å². The summed E-state index contributed by atoms with van der Waals surface area (Å²) in [4.78, 5) is 18.4. The average molecular weight is 309 g/mol. The first-order valence-corrected chi connectivity index (χ1v) is 8.61. The summed E-state index contributed by atoms with van der Waals surface area (Å²) in [6.07, 6.45) is 2.67. The Balaban J connectivity index is 2.12. The Labute approximate surface area is 131 Å². The highest BCUT2D eigenvalue weighted by Crippen LogP contribution is 2.44. The third-order valence-electron chi connectivity index (χ3n) is 5.28. The zero-order chi connectivity index (χ0) is 15.8. The number of hydrogen-bond acceptors (Lipinski definition) is 4. The van der Waals surface area contributed by atoms with Gasteiger partial charge < -0.3 is 11.1 Å². The number of amides is 1. The van der Waals surface area contributed by atoms with Crippen LogP contribution in [0, 0.1) is 24.2 Å². The van der Waals surface area contributed by atoms with E-state index >= 15 is 0 Å². The van der Waals surface area contributed by atoms with Gasteiger partial charge in [0, 0.05) is 16.8 Å². The number of anilines is 1. The summed E-state index contributed by atoms with van der Waals surface area (Å²) in [7, 11) is 0. The molecule has 1 aromatic heterocycles. The Morgan fingerprint density at radius 1 is 1.48 bits per heavy atom. The molecule has 2 rings (SSSR count). The topological polar surface area (TPSA) is 68.0 Å². The van der Waals surface area contributed by atoms with Crippen LogP contribution in [-0.2, 0) is 11.2 Å². The molecule has 1 amide bonds. The number of aryl methyl sites for hydroxylation is 2. The van der Waals surface area contributed by atoms with Crippen LogP contribution in [-0.4, -0.2) is 16.9 Å². The zero-order valence-corrected chi connectivity index (χ0v) is 14.5.